The highest BCUT2D eigenvalue weighted by atomic mass is 32.1. The molecule has 0 radical (unpaired) electrons. The maximum Gasteiger partial charge on any atom is 0.123 e. The van der Waals surface area contributed by atoms with E-state index in [-0.39, 0.29) is 5.82 Å². The Bertz CT molecular complexity index is 328. The SMILES string of the molecule is Cc1cc(F)ccc1OCCC(C)CCS. The van der Waals surface area contributed by atoms with Gasteiger partial charge in [0.25, 0.3) is 0 Å². The van der Waals surface area contributed by atoms with Gasteiger partial charge in [-0.3, -0.25) is 0 Å². The van der Waals surface area contributed by atoms with Gasteiger partial charge in [0.2, 0.25) is 0 Å². The van der Waals surface area contributed by atoms with Crippen molar-refractivity contribution in [1.29, 1.82) is 0 Å². The van der Waals surface area contributed by atoms with Gasteiger partial charge < -0.3 is 4.74 Å². The lowest BCUT2D eigenvalue weighted by Crippen LogP contribution is -2.05. The Morgan fingerprint density at radius 3 is 2.75 bits per heavy atom. The molecule has 1 aromatic rings. The van der Waals surface area contributed by atoms with Crippen LogP contribution < -0.4 is 4.74 Å². The number of hydrogen-bond acceptors (Lipinski definition) is 2. The summed E-state index contributed by atoms with van der Waals surface area (Å²) in [4.78, 5) is 0. The topological polar surface area (TPSA) is 9.23 Å². The molecule has 1 rings (SSSR count). The van der Waals surface area contributed by atoms with Gasteiger partial charge in [0, 0.05) is 0 Å². The summed E-state index contributed by atoms with van der Waals surface area (Å²) in [7, 11) is 0. The predicted octanol–water partition coefficient (Wildman–Crippen LogP) is 3.86. The first kappa shape index (κ1) is 13.4. The Balaban J connectivity index is 2.37. The second kappa shape index (κ2) is 6.79. The van der Waals surface area contributed by atoms with Crippen LogP contribution in [0.15, 0.2) is 18.2 Å². The number of halogens is 1. The van der Waals surface area contributed by atoms with Crippen molar-refractivity contribution in [3.63, 3.8) is 0 Å². The molecule has 0 aliphatic carbocycles. The van der Waals surface area contributed by atoms with Crippen LogP contribution in [0.1, 0.15) is 25.3 Å². The summed E-state index contributed by atoms with van der Waals surface area (Å²) in [5.41, 5.74) is 0.849. The molecule has 16 heavy (non-hydrogen) atoms. The lowest BCUT2D eigenvalue weighted by molar-refractivity contribution is 0.280. The fraction of sp³-hybridized carbons (Fsp3) is 0.538. The number of benzene rings is 1. The van der Waals surface area contributed by atoms with E-state index in [0.29, 0.717) is 12.5 Å². The minimum absolute atomic E-state index is 0.215. The molecule has 0 aromatic heterocycles. The normalized spacial score (nSPS) is 12.5. The van der Waals surface area contributed by atoms with Gasteiger partial charge in [-0.05, 0) is 55.2 Å². The van der Waals surface area contributed by atoms with Crippen molar-refractivity contribution < 1.29 is 9.13 Å². The molecule has 0 aliphatic heterocycles. The molecule has 0 aliphatic rings. The molecule has 0 saturated heterocycles. The summed E-state index contributed by atoms with van der Waals surface area (Å²) < 4.78 is 18.5. The minimum Gasteiger partial charge on any atom is -0.493 e. The third kappa shape index (κ3) is 4.44. The maximum atomic E-state index is 12.8. The van der Waals surface area contributed by atoms with E-state index in [4.69, 9.17) is 4.74 Å². The van der Waals surface area contributed by atoms with Gasteiger partial charge >= 0.3 is 0 Å². The molecule has 0 bridgehead atoms. The van der Waals surface area contributed by atoms with Gasteiger partial charge in [-0.2, -0.15) is 12.6 Å². The van der Waals surface area contributed by atoms with E-state index in [1.807, 2.05) is 6.92 Å². The first-order valence-electron chi connectivity index (χ1n) is 5.63. The maximum absolute atomic E-state index is 12.8. The average molecular weight is 242 g/mol. The summed E-state index contributed by atoms with van der Waals surface area (Å²) in [6.07, 6.45) is 2.12. The number of hydrogen-bond donors (Lipinski definition) is 1. The highest BCUT2D eigenvalue weighted by Crippen LogP contribution is 2.19. The molecule has 1 aromatic carbocycles. The molecule has 1 nitrogen and oxygen atoms in total. The average Bonchev–Trinajstić information content (AvgIpc) is 2.22. The van der Waals surface area contributed by atoms with Gasteiger partial charge in [0.15, 0.2) is 0 Å². The van der Waals surface area contributed by atoms with Crippen molar-refractivity contribution >= 4 is 12.6 Å². The Morgan fingerprint density at radius 1 is 1.38 bits per heavy atom. The van der Waals surface area contributed by atoms with Crippen molar-refractivity contribution in [3.8, 4) is 5.75 Å². The fourth-order valence-corrected chi connectivity index (χ4v) is 1.95. The van der Waals surface area contributed by atoms with Crippen LogP contribution in [0.25, 0.3) is 0 Å². The third-order valence-electron chi connectivity index (χ3n) is 2.63. The van der Waals surface area contributed by atoms with Gasteiger partial charge in [-0.15, -0.1) is 0 Å². The molecule has 1 unspecified atom stereocenters. The zero-order valence-corrected chi connectivity index (χ0v) is 10.8. The van der Waals surface area contributed by atoms with E-state index in [1.165, 1.54) is 12.1 Å². The van der Waals surface area contributed by atoms with Crippen LogP contribution in [0.5, 0.6) is 5.75 Å². The summed E-state index contributed by atoms with van der Waals surface area (Å²) in [6, 6.07) is 4.61. The largest absolute Gasteiger partial charge is 0.493 e. The lowest BCUT2D eigenvalue weighted by atomic mass is 10.1. The summed E-state index contributed by atoms with van der Waals surface area (Å²) in [5.74, 6) is 2.10. The number of rotatable bonds is 6. The zero-order valence-electron chi connectivity index (χ0n) is 9.87. The van der Waals surface area contributed by atoms with Crippen molar-refractivity contribution in [2.75, 3.05) is 12.4 Å². The van der Waals surface area contributed by atoms with E-state index in [2.05, 4.69) is 19.6 Å². The van der Waals surface area contributed by atoms with Gasteiger partial charge in [-0.1, -0.05) is 6.92 Å². The van der Waals surface area contributed by atoms with Crippen LogP contribution in [-0.2, 0) is 0 Å². The third-order valence-corrected chi connectivity index (χ3v) is 2.89. The Morgan fingerprint density at radius 2 is 2.12 bits per heavy atom. The highest BCUT2D eigenvalue weighted by Gasteiger charge is 2.03. The molecule has 0 saturated carbocycles. The first-order valence-corrected chi connectivity index (χ1v) is 6.26. The van der Waals surface area contributed by atoms with E-state index in [1.54, 1.807) is 6.07 Å². The van der Waals surface area contributed by atoms with E-state index < -0.39 is 0 Å². The molecule has 0 amide bonds. The summed E-state index contributed by atoms with van der Waals surface area (Å²) in [6.45, 7) is 4.73. The fourth-order valence-electron chi connectivity index (χ4n) is 1.51. The minimum atomic E-state index is -0.215. The molecule has 0 spiro atoms. The summed E-state index contributed by atoms with van der Waals surface area (Å²) in [5, 5.41) is 0. The highest BCUT2D eigenvalue weighted by molar-refractivity contribution is 7.80. The van der Waals surface area contributed by atoms with Crippen LogP contribution in [0, 0.1) is 18.7 Å². The standard InChI is InChI=1S/C13H19FOS/c1-10(6-8-16)5-7-15-13-4-3-12(14)9-11(13)2/h3-4,9-10,16H,5-8H2,1-2H3. The molecule has 3 heteroatoms. The Kier molecular flexibility index (Phi) is 5.67. The van der Waals surface area contributed by atoms with E-state index in [0.717, 1.165) is 29.9 Å². The predicted molar refractivity (Wildman–Crippen MR) is 68.9 cm³/mol. The Hall–Kier alpha value is -0.700. The molecule has 0 N–H and O–H groups in total. The molecular weight excluding hydrogens is 223 g/mol. The molecular formula is C13H19FOS. The zero-order chi connectivity index (χ0) is 12.0. The summed E-state index contributed by atoms with van der Waals surface area (Å²) >= 11 is 4.20. The molecule has 1 atom stereocenters. The monoisotopic (exact) mass is 242 g/mol. The van der Waals surface area contributed by atoms with Crippen molar-refractivity contribution in [2.45, 2.75) is 26.7 Å². The van der Waals surface area contributed by atoms with Crippen molar-refractivity contribution in [1.82, 2.24) is 0 Å². The van der Waals surface area contributed by atoms with Crippen LogP contribution in [0.4, 0.5) is 4.39 Å². The van der Waals surface area contributed by atoms with Crippen LogP contribution in [0.3, 0.4) is 0 Å². The number of ether oxygens (including phenoxy) is 1. The quantitative estimate of drug-likeness (QED) is 0.745. The van der Waals surface area contributed by atoms with Crippen LogP contribution in [0.2, 0.25) is 0 Å². The van der Waals surface area contributed by atoms with E-state index >= 15 is 0 Å². The molecule has 90 valence electrons. The van der Waals surface area contributed by atoms with Gasteiger partial charge in [-0.25, -0.2) is 4.39 Å². The van der Waals surface area contributed by atoms with E-state index in [9.17, 15) is 4.39 Å². The van der Waals surface area contributed by atoms with Gasteiger partial charge in [0.1, 0.15) is 11.6 Å². The van der Waals surface area contributed by atoms with Gasteiger partial charge in [0.05, 0.1) is 6.61 Å². The van der Waals surface area contributed by atoms with Crippen molar-refractivity contribution in [3.05, 3.63) is 29.6 Å². The lowest BCUT2D eigenvalue weighted by Gasteiger charge is -2.12. The first-order chi connectivity index (χ1) is 7.63. The van der Waals surface area contributed by atoms with Crippen molar-refractivity contribution in [2.24, 2.45) is 5.92 Å². The van der Waals surface area contributed by atoms with Crippen LogP contribution in [-0.4, -0.2) is 12.4 Å². The number of thiol groups is 1. The number of aryl methyl sites for hydroxylation is 1. The molecule has 0 fully saturated rings. The van der Waals surface area contributed by atoms with Crippen LogP contribution >= 0.6 is 12.6 Å². The molecule has 0 heterocycles. The smallest absolute Gasteiger partial charge is 0.123 e. The second-order valence-corrected chi connectivity index (χ2v) is 4.61. The second-order valence-electron chi connectivity index (χ2n) is 4.16. The Labute approximate surface area is 102 Å².